The van der Waals surface area contributed by atoms with Gasteiger partial charge in [0.25, 0.3) is 11.8 Å². The smallest absolute Gasteiger partial charge is 0.265 e. The van der Waals surface area contributed by atoms with Crippen molar-refractivity contribution in [3.63, 3.8) is 0 Å². The van der Waals surface area contributed by atoms with Gasteiger partial charge < -0.3 is 20.9 Å². The molecular formula is C23H33N5O6. The summed E-state index contributed by atoms with van der Waals surface area (Å²) in [5, 5.41) is 16.5. The molecule has 34 heavy (non-hydrogen) atoms. The van der Waals surface area contributed by atoms with Crippen LogP contribution in [0.2, 0.25) is 0 Å². The van der Waals surface area contributed by atoms with E-state index in [1.54, 1.807) is 30.3 Å². The number of likely N-dealkylation sites (tertiary alicyclic amines) is 1. The van der Waals surface area contributed by atoms with E-state index in [0.29, 0.717) is 31.4 Å². The predicted molar refractivity (Wildman–Crippen MR) is 122 cm³/mol. The third-order valence-corrected chi connectivity index (χ3v) is 5.51. The van der Waals surface area contributed by atoms with Gasteiger partial charge in [-0.05, 0) is 44.2 Å². The molecular weight excluding hydrogens is 442 g/mol. The lowest BCUT2D eigenvalue weighted by Crippen LogP contribution is -2.56. The Kier molecular flexibility index (Phi) is 9.99. The third-order valence-electron chi connectivity index (χ3n) is 5.51. The van der Waals surface area contributed by atoms with E-state index in [2.05, 4.69) is 16.0 Å². The molecule has 0 aromatic heterocycles. The molecule has 0 bridgehead atoms. The second-order valence-electron chi connectivity index (χ2n) is 8.69. The average molecular weight is 476 g/mol. The first-order valence-electron chi connectivity index (χ1n) is 11.3. The summed E-state index contributed by atoms with van der Waals surface area (Å²) in [6, 6.07) is 5.81. The zero-order valence-corrected chi connectivity index (χ0v) is 19.7. The van der Waals surface area contributed by atoms with E-state index >= 15 is 0 Å². The van der Waals surface area contributed by atoms with Crippen molar-refractivity contribution in [3.8, 4) is 0 Å². The second kappa shape index (κ2) is 12.7. The van der Waals surface area contributed by atoms with Gasteiger partial charge in [-0.3, -0.25) is 29.2 Å². The number of carbonyl (C=O) groups excluding carboxylic acids is 5. The molecule has 1 aliphatic heterocycles. The fourth-order valence-corrected chi connectivity index (χ4v) is 3.73. The third kappa shape index (κ3) is 7.55. The number of hydroxylamine groups is 1. The van der Waals surface area contributed by atoms with Crippen molar-refractivity contribution < 1.29 is 29.2 Å². The maximum Gasteiger partial charge on any atom is 0.265 e. The van der Waals surface area contributed by atoms with Gasteiger partial charge in [0.05, 0.1) is 6.54 Å². The van der Waals surface area contributed by atoms with E-state index in [4.69, 9.17) is 5.21 Å². The van der Waals surface area contributed by atoms with Crippen molar-refractivity contribution in [1.82, 2.24) is 26.3 Å². The van der Waals surface area contributed by atoms with Crippen molar-refractivity contribution in [2.45, 2.75) is 58.2 Å². The van der Waals surface area contributed by atoms with Crippen LogP contribution in [0.25, 0.3) is 0 Å². The molecule has 0 aliphatic carbocycles. The lowest BCUT2D eigenvalue weighted by Gasteiger charge is -2.27. The molecule has 1 fully saturated rings. The number of nitrogens with zero attached hydrogens (tertiary/aromatic N) is 1. The fourth-order valence-electron chi connectivity index (χ4n) is 3.73. The van der Waals surface area contributed by atoms with E-state index < -0.39 is 35.8 Å². The molecule has 1 aliphatic rings. The highest BCUT2D eigenvalue weighted by Gasteiger charge is 2.36. The number of rotatable bonds is 10. The summed E-state index contributed by atoms with van der Waals surface area (Å²) in [5.74, 6) is -2.53. The van der Waals surface area contributed by atoms with Gasteiger partial charge in [0.15, 0.2) is 0 Å². The van der Waals surface area contributed by atoms with Crippen molar-refractivity contribution >= 4 is 29.5 Å². The maximum atomic E-state index is 13.0. The first-order chi connectivity index (χ1) is 16.1. The summed E-state index contributed by atoms with van der Waals surface area (Å²) in [6.45, 7) is 5.29. The molecule has 0 radical (unpaired) electrons. The minimum atomic E-state index is -0.998. The quantitative estimate of drug-likeness (QED) is 0.236. The number of benzene rings is 1. The molecule has 11 heteroatoms. The van der Waals surface area contributed by atoms with Gasteiger partial charge in [-0.1, -0.05) is 32.0 Å². The van der Waals surface area contributed by atoms with Gasteiger partial charge in [0.1, 0.15) is 18.1 Å². The van der Waals surface area contributed by atoms with Crippen LogP contribution in [0.4, 0.5) is 0 Å². The van der Waals surface area contributed by atoms with Crippen molar-refractivity contribution in [2.24, 2.45) is 5.92 Å². The Morgan fingerprint density at radius 2 is 1.71 bits per heavy atom. The Balaban J connectivity index is 1.99. The Labute approximate surface area is 198 Å². The van der Waals surface area contributed by atoms with Crippen LogP contribution in [-0.2, 0) is 19.2 Å². The van der Waals surface area contributed by atoms with Gasteiger partial charge in [0.2, 0.25) is 17.7 Å². The SMILES string of the molecule is CC(C)CC(NC(=O)C1CCCN1C(=O)CNC(=O)c1ccccc1)C(=O)NC(C)C(=O)NO. The van der Waals surface area contributed by atoms with Crippen molar-refractivity contribution in [1.29, 1.82) is 0 Å². The van der Waals surface area contributed by atoms with Crippen LogP contribution in [0.1, 0.15) is 50.4 Å². The normalized spacial score (nSPS) is 17.0. The molecule has 5 N–H and O–H groups in total. The fraction of sp³-hybridized carbons (Fsp3) is 0.522. The summed E-state index contributed by atoms with van der Waals surface area (Å²) in [4.78, 5) is 63.5. The zero-order chi connectivity index (χ0) is 25.3. The topological polar surface area (TPSA) is 157 Å². The Morgan fingerprint density at radius 1 is 1.03 bits per heavy atom. The van der Waals surface area contributed by atoms with Gasteiger partial charge in [-0.25, -0.2) is 5.48 Å². The van der Waals surface area contributed by atoms with E-state index in [9.17, 15) is 24.0 Å². The van der Waals surface area contributed by atoms with Gasteiger partial charge >= 0.3 is 0 Å². The van der Waals surface area contributed by atoms with Crippen LogP contribution in [0.3, 0.4) is 0 Å². The van der Waals surface area contributed by atoms with E-state index in [-0.39, 0.29) is 24.3 Å². The van der Waals surface area contributed by atoms with Gasteiger partial charge in [-0.2, -0.15) is 0 Å². The number of carbonyl (C=O) groups is 5. The standard InChI is InChI=1S/C23H33N5O6/c1-14(2)12-17(22(32)25-15(3)20(30)27-34)26-23(33)18-10-7-11-28(18)19(29)13-24-21(31)16-8-5-4-6-9-16/h4-6,8-9,14-15,17-18,34H,7,10-13H2,1-3H3,(H,24,31)(H,25,32)(H,26,33)(H,27,30). The average Bonchev–Trinajstić information content (AvgIpc) is 3.31. The Bertz CT molecular complexity index is 891. The first kappa shape index (κ1) is 26.8. The zero-order valence-electron chi connectivity index (χ0n) is 19.7. The first-order valence-corrected chi connectivity index (χ1v) is 11.3. The summed E-state index contributed by atoms with van der Waals surface area (Å²) in [6.07, 6.45) is 1.37. The molecule has 1 aromatic rings. The number of hydrogen-bond donors (Lipinski definition) is 5. The monoisotopic (exact) mass is 475 g/mol. The highest BCUT2D eigenvalue weighted by atomic mass is 16.5. The molecule has 186 valence electrons. The molecule has 1 heterocycles. The second-order valence-corrected chi connectivity index (χ2v) is 8.69. The summed E-state index contributed by atoms with van der Waals surface area (Å²) in [5.41, 5.74) is 1.90. The largest absolute Gasteiger partial charge is 0.343 e. The number of amides is 5. The van der Waals surface area contributed by atoms with Crippen molar-refractivity contribution in [2.75, 3.05) is 13.1 Å². The molecule has 3 unspecified atom stereocenters. The molecule has 1 aromatic carbocycles. The summed E-state index contributed by atoms with van der Waals surface area (Å²) < 4.78 is 0. The molecule has 1 saturated heterocycles. The molecule has 0 spiro atoms. The Morgan fingerprint density at radius 3 is 2.32 bits per heavy atom. The van der Waals surface area contributed by atoms with Crippen LogP contribution < -0.4 is 21.4 Å². The van der Waals surface area contributed by atoms with E-state index in [1.165, 1.54) is 17.3 Å². The highest BCUT2D eigenvalue weighted by Crippen LogP contribution is 2.18. The van der Waals surface area contributed by atoms with Gasteiger partial charge in [-0.15, -0.1) is 0 Å². The predicted octanol–water partition coefficient (Wildman–Crippen LogP) is -0.0516. The summed E-state index contributed by atoms with van der Waals surface area (Å²) in [7, 11) is 0. The minimum Gasteiger partial charge on any atom is -0.343 e. The van der Waals surface area contributed by atoms with E-state index in [0.717, 1.165) is 0 Å². The lowest BCUT2D eigenvalue weighted by molar-refractivity contribution is -0.139. The number of nitrogens with one attached hydrogen (secondary N) is 4. The van der Waals surface area contributed by atoms with Crippen LogP contribution in [0.5, 0.6) is 0 Å². The Hall–Kier alpha value is -3.47. The molecule has 0 saturated carbocycles. The van der Waals surface area contributed by atoms with Crippen LogP contribution in [-0.4, -0.2) is 70.9 Å². The van der Waals surface area contributed by atoms with Crippen LogP contribution in [0.15, 0.2) is 30.3 Å². The van der Waals surface area contributed by atoms with Crippen LogP contribution in [0, 0.1) is 5.92 Å². The molecule has 3 atom stereocenters. The van der Waals surface area contributed by atoms with Crippen molar-refractivity contribution in [3.05, 3.63) is 35.9 Å². The summed E-state index contributed by atoms with van der Waals surface area (Å²) >= 11 is 0. The van der Waals surface area contributed by atoms with Crippen LogP contribution >= 0.6 is 0 Å². The lowest BCUT2D eigenvalue weighted by atomic mass is 10.0. The molecule has 2 rings (SSSR count). The molecule has 5 amide bonds. The van der Waals surface area contributed by atoms with Gasteiger partial charge in [0, 0.05) is 12.1 Å². The minimum absolute atomic E-state index is 0.0625. The highest BCUT2D eigenvalue weighted by molar-refractivity contribution is 5.98. The maximum absolute atomic E-state index is 13.0. The number of hydrogen-bond acceptors (Lipinski definition) is 6. The molecule has 11 nitrogen and oxygen atoms in total. The van der Waals surface area contributed by atoms with E-state index in [1.807, 2.05) is 13.8 Å².